The molecule has 0 saturated carbocycles. The Morgan fingerprint density at radius 2 is 1.62 bits per heavy atom. The number of hydrogen-bond acceptors (Lipinski definition) is 1. The van der Waals surface area contributed by atoms with Gasteiger partial charge in [-0.25, -0.2) is 0 Å². The molecule has 0 aromatic carbocycles. The molecule has 0 rings (SSSR count). The average Bonchev–Trinajstić information content (AvgIpc) is 1.88. The summed E-state index contributed by atoms with van der Waals surface area (Å²) in [6, 6.07) is 0. The molecule has 48 valence electrons. The second-order valence-electron chi connectivity index (χ2n) is 1.26. The summed E-state index contributed by atoms with van der Waals surface area (Å²) in [4.78, 5) is 0. The number of nitrogens with two attached hydrogens (primary N) is 1. The fourth-order valence-corrected chi connectivity index (χ4v) is 0. The molecule has 0 saturated heterocycles. The van der Waals surface area contributed by atoms with Crippen LogP contribution in [0.3, 0.4) is 0 Å². The smallest absolute Gasteiger partial charge is 0.00799 e. The van der Waals surface area contributed by atoms with E-state index in [1.807, 2.05) is 0 Å². The van der Waals surface area contributed by atoms with Crippen LogP contribution in [0.2, 0.25) is 0 Å². The summed E-state index contributed by atoms with van der Waals surface area (Å²) in [5.74, 6) is 0. The van der Waals surface area contributed by atoms with Crippen LogP contribution in [0.15, 0.2) is 25.3 Å². The lowest BCUT2D eigenvalue weighted by atomic mass is 10.5. The standard InChI is InChI=1S/C4H6.C3H9N/c1-3-4-2;1-2-3-4/h3-4H,1-2H2;2-4H2,1H3. The summed E-state index contributed by atoms with van der Waals surface area (Å²) in [6.07, 6.45) is 4.38. The van der Waals surface area contributed by atoms with E-state index < -0.39 is 0 Å². The van der Waals surface area contributed by atoms with Crippen molar-refractivity contribution in [1.29, 1.82) is 0 Å². The molecule has 0 heterocycles. The third-order valence-corrected chi connectivity index (χ3v) is 0.455. The molecule has 2 N–H and O–H groups in total. The molecule has 0 amide bonds. The SMILES string of the molecule is C=CC=C.CCCN. The van der Waals surface area contributed by atoms with Gasteiger partial charge in [0.25, 0.3) is 0 Å². The minimum atomic E-state index is 0.819. The van der Waals surface area contributed by atoms with Crippen molar-refractivity contribution in [3.63, 3.8) is 0 Å². The van der Waals surface area contributed by atoms with E-state index in [1.165, 1.54) is 0 Å². The van der Waals surface area contributed by atoms with Gasteiger partial charge < -0.3 is 5.73 Å². The van der Waals surface area contributed by atoms with Gasteiger partial charge in [0.15, 0.2) is 0 Å². The van der Waals surface area contributed by atoms with Gasteiger partial charge in [0.2, 0.25) is 0 Å². The van der Waals surface area contributed by atoms with Gasteiger partial charge in [0.1, 0.15) is 0 Å². The van der Waals surface area contributed by atoms with Crippen LogP contribution in [0.1, 0.15) is 13.3 Å². The number of rotatable bonds is 2. The van der Waals surface area contributed by atoms with Crippen molar-refractivity contribution in [2.24, 2.45) is 5.73 Å². The Labute approximate surface area is 51.9 Å². The molecule has 0 atom stereocenters. The molecular weight excluding hydrogens is 98.1 g/mol. The van der Waals surface area contributed by atoms with Gasteiger partial charge in [-0.15, -0.1) is 0 Å². The maximum absolute atomic E-state index is 5.03. The molecule has 8 heavy (non-hydrogen) atoms. The van der Waals surface area contributed by atoms with E-state index in [0.29, 0.717) is 0 Å². The average molecular weight is 113 g/mol. The van der Waals surface area contributed by atoms with Crippen LogP contribution in [0.5, 0.6) is 0 Å². The van der Waals surface area contributed by atoms with Gasteiger partial charge in [0, 0.05) is 0 Å². The first-order chi connectivity index (χ1) is 3.83. The Kier molecular flexibility index (Phi) is 21.0. The zero-order valence-electron chi connectivity index (χ0n) is 5.56. The second-order valence-corrected chi connectivity index (χ2v) is 1.26. The Hall–Kier alpha value is -0.560. The molecule has 0 spiro atoms. The predicted molar refractivity (Wildman–Crippen MR) is 39.7 cm³/mol. The summed E-state index contributed by atoms with van der Waals surface area (Å²) in [5, 5.41) is 0. The summed E-state index contributed by atoms with van der Waals surface area (Å²) in [6.45, 7) is 9.60. The topological polar surface area (TPSA) is 26.0 Å². The van der Waals surface area contributed by atoms with Crippen molar-refractivity contribution < 1.29 is 0 Å². The monoisotopic (exact) mass is 113 g/mol. The van der Waals surface area contributed by atoms with Crippen LogP contribution < -0.4 is 5.73 Å². The van der Waals surface area contributed by atoms with Crippen LogP contribution in [-0.4, -0.2) is 6.54 Å². The molecule has 1 heteroatoms. The van der Waals surface area contributed by atoms with Gasteiger partial charge in [-0.05, 0) is 13.0 Å². The molecule has 0 unspecified atom stereocenters. The third-order valence-electron chi connectivity index (χ3n) is 0.455. The summed E-state index contributed by atoms with van der Waals surface area (Å²) < 4.78 is 0. The molecule has 0 aromatic heterocycles. The maximum atomic E-state index is 5.03. The van der Waals surface area contributed by atoms with Crippen LogP contribution in [0.25, 0.3) is 0 Å². The molecule has 0 aliphatic rings. The first-order valence-electron chi connectivity index (χ1n) is 2.77. The number of hydrogen-bond donors (Lipinski definition) is 1. The number of allylic oxidation sites excluding steroid dienone is 2. The minimum absolute atomic E-state index is 0.819. The molecule has 0 aliphatic carbocycles. The van der Waals surface area contributed by atoms with E-state index in [4.69, 9.17) is 5.73 Å². The minimum Gasteiger partial charge on any atom is -0.330 e. The highest BCUT2D eigenvalue weighted by Gasteiger charge is 1.55. The van der Waals surface area contributed by atoms with E-state index in [-0.39, 0.29) is 0 Å². The van der Waals surface area contributed by atoms with Crippen molar-refractivity contribution in [3.8, 4) is 0 Å². The molecule has 0 aliphatic heterocycles. The van der Waals surface area contributed by atoms with Crippen LogP contribution in [0, 0.1) is 0 Å². The highest BCUT2D eigenvalue weighted by atomic mass is 14.5. The summed E-state index contributed by atoms with van der Waals surface area (Å²) >= 11 is 0. The molecule has 1 nitrogen and oxygen atoms in total. The molecule has 0 aromatic rings. The van der Waals surface area contributed by atoms with E-state index in [0.717, 1.165) is 13.0 Å². The van der Waals surface area contributed by atoms with Gasteiger partial charge in [-0.3, -0.25) is 0 Å². The predicted octanol–water partition coefficient (Wildman–Crippen LogP) is 1.71. The van der Waals surface area contributed by atoms with Crippen LogP contribution >= 0.6 is 0 Å². The Bertz CT molecular complexity index is 40.3. The van der Waals surface area contributed by atoms with Crippen LogP contribution in [0.4, 0.5) is 0 Å². The zero-order chi connectivity index (χ0) is 6.83. The Morgan fingerprint density at radius 3 is 1.62 bits per heavy atom. The quantitative estimate of drug-likeness (QED) is 0.542. The lowest BCUT2D eigenvalue weighted by molar-refractivity contribution is 0.932. The zero-order valence-corrected chi connectivity index (χ0v) is 5.56. The van der Waals surface area contributed by atoms with E-state index in [9.17, 15) is 0 Å². The fraction of sp³-hybridized carbons (Fsp3) is 0.429. The first kappa shape index (κ1) is 10.4. The Morgan fingerprint density at radius 1 is 1.38 bits per heavy atom. The lowest BCUT2D eigenvalue weighted by Crippen LogP contribution is -1.93. The van der Waals surface area contributed by atoms with Crippen molar-refractivity contribution in [1.82, 2.24) is 0 Å². The van der Waals surface area contributed by atoms with E-state index in [1.54, 1.807) is 12.2 Å². The second kappa shape index (κ2) is 16.1. The van der Waals surface area contributed by atoms with E-state index >= 15 is 0 Å². The molecule has 0 fully saturated rings. The van der Waals surface area contributed by atoms with Crippen molar-refractivity contribution >= 4 is 0 Å². The van der Waals surface area contributed by atoms with Gasteiger partial charge >= 0.3 is 0 Å². The van der Waals surface area contributed by atoms with Gasteiger partial charge in [0.05, 0.1) is 0 Å². The largest absolute Gasteiger partial charge is 0.330 e. The molecule has 0 bridgehead atoms. The van der Waals surface area contributed by atoms with E-state index in [2.05, 4.69) is 20.1 Å². The molecular formula is C7H15N. The maximum Gasteiger partial charge on any atom is -0.00799 e. The highest BCUT2D eigenvalue weighted by Crippen LogP contribution is 1.57. The first-order valence-corrected chi connectivity index (χ1v) is 2.77. The fourth-order valence-electron chi connectivity index (χ4n) is 0. The third kappa shape index (κ3) is 51.7. The lowest BCUT2D eigenvalue weighted by Gasteiger charge is -1.70. The highest BCUT2D eigenvalue weighted by molar-refractivity contribution is 4.88. The van der Waals surface area contributed by atoms with Crippen LogP contribution in [-0.2, 0) is 0 Å². The van der Waals surface area contributed by atoms with Crippen molar-refractivity contribution in [3.05, 3.63) is 25.3 Å². The summed E-state index contributed by atoms with van der Waals surface area (Å²) in [5.41, 5.74) is 5.03. The van der Waals surface area contributed by atoms with Gasteiger partial charge in [-0.1, -0.05) is 32.2 Å². The van der Waals surface area contributed by atoms with Crippen molar-refractivity contribution in [2.45, 2.75) is 13.3 Å². The normalized spacial score (nSPS) is 6.25. The Balaban J connectivity index is 0. The summed E-state index contributed by atoms with van der Waals surface area (Å²) in [7, 11) is 0. The molecule has 0 radical (unpaired) electrons. The van der Waals surface area contributed by atoms with Gasteiger partial charge in [-0.2, -0.15) is 0 Å². The van der Waals surface area contributed by atoms with Crippen molar-refractivity contribution in [2.75, 3.05) is 6.54 Å².